The zero-order valence-corrected chi connectivity index (χ0v) is 17.6. The van der Waals surface area contributed by atoms with Gasteiger partial charge in [0.1, 0.15) is 8.95 Å². The molecule has 110 valence electrons. The van der Waals surface area contributed by atoms with Crippen LogP contribution in [-0.4, -0.2) is 10.2 Å². The van der Waals surface area contributed by atoms with Gasteiger partial charge >= 0.3 is 0 Å². The summed E-state index contributed by atoms with van der Waals surface area (Å²) in [4.78, 5) is 0. The minimum absolute atomic E-state index is 0.204. The number of hydrogen-bond acceptors (Lipinski definition) is 4. The fourth-order valence-corrected chi connectivity index (χ4v) is 4.10. The van der Waals surface area contributed by atoms with Gasteiger partial charge in [-0.2, -0.15) is 0 Å². The molecule has 0 aliphatic carbocycles. The van der Waals surface area contributed by atoms with E-state index in [1.807, 2.05) is 0 Å². The summed E-state index contributed by atoms with van der Waals surface area (Å²) < 4.78 is 14.2. The summed E-state index contributed by atoms with van der Waals surface area (Å²) in [6, 6.07) is 1.73. The molecule has 0 saturated carbocycles. The summed E-state index contributed by atoms with van der Waals surface area (Å²) in [5, 5.41) is 19.7. The SMILES string of the molecule is Oc1c(O)c(Br)c2c(c1Br)Oc1cc(Br)c(Br)c(Br)c1O2. The maximum atomic E-state index is 9.87. The largest absolute Gasteiger partial charge is 0.503 e. The number of rotatable bonds is 0. The van der Waals surface area contributed by atoms with Crippen LogP contribution in [0.25, 0.3) is 0 Å². The maximum Gasteiger partial charge on any atom is 0.189 e. The third kappa shape index (κ3) is 2.41. The fraction of sp³-hybridized carbons (Fsp3) is 0. The Morgan fingerprint density at radius 3 is 1.76 bits per heavy atom. The molecule has 0 bridgehead atoms. The van der Waals surface area contributed by atoms with Crippen molar-refractivity contribution in [3.8, 4) is 34.5 Å². The molecule has 0 saturated heterocycles. The number of halogens is 5. The first-order chi connectivity index (χ1) is 9.82. The lowest BCUT2D eigenvalue weighted by Gasteiger charge is -2.25. The highest BCUT2D eigenvalue weighted by Gasteiger charge is 2.31. The molecule has 3 rings (SSSR count). The van der Waals surface area contributed by atoms with Crippen LogP contribution in [0.4, 0.5) is 0 Å². The molecule has 1 aliphatic heterocycles. The van der Waals surface area contributed by atoms with Gasteiger partial charge in [0.2, 0.25) is 0 Å². The molecule has 1 aliphatic rings. The van der Waals surface area contributed by atoms with Crippen molar-refractivity contribution in [2.24, 2.45) is 0 Å². The van der Waals surface area contributed by atoms with Crippen molar-refractivity contribution in [1.82, 2.24) is 0 Å². The van der Waals surface area contributed by atoms with E-state index in [-0.39, 0.29) is 31.9 Å². The van der Waals surface area contributed by atoms with Gasteiger partial charge in [0.05, 0.1) is 4.47 Å². The van der Waals surface area contributed by atoms with Crippen molar-refractivity contribution in [3.63, 3.8) is 0 Å². The number of ether oxygens (including phenoxy) is 2. The highest BCUT2D eigenvalue weighted by Crippen LogP contribution is 2.60. The second kappa shape index (κ2) is 5.59. The molecule has 0 radical (unpaired) electrons. The van der Waals surface area contributed by atoms with E-state index >= 15 is 0 Å². The molecule has 2 aromatic carbocycles. The molecular formula is C12H3Br5O4. The van der Waals surface area contributed by atoms with Crippen LogP contribution < -0.4 is 9.47 Å². The smallest absolute Gasteiger partial charge is 0.189 e. The minimum Gasteiger partial charge on any atom is -0.503 e. The zero-order valence-electron chi connectivity index (χ0n) is 9.68. The van der Waals surface area contributed by atoms with Crippen molar-refractivity contribution in [3.05, 3.63) is 28.4 Å². The van der Waals surface area contributed by atoms with Gasteiger partial charge in [-0.05, 0) is 79.6 Å². The van der Waals surface area contributed by atoms with Gasteiger partial charge in [0.15, 0.2) is 34.5 Å². The van der Waals surface area contributed by atoms with Crippen LogP contribution in [0.15, 0.2) is 28.4 Å². The van der Waals surface area contributed by atoms with Crippen LogP contribution in [0, 0.1) is 0 Å². The maximum absolute atomic E-state index is 9.87. The summed E-state index contributed by atoms with van der Waals surface area (Å²) >= 11 is 16.6. The van der Waals surface area contributed by atoms with Crippen molar-refractivity contribution >= 4 is 79.6 Å². The van der Waals surface area contributed by atoms with E-state index in [0.717, 1.165) is 8.95 Å². The highest BCUT2D eigenvalue weighted by atomic mass is 79.9. The Kier molecular flexibility index (Phi) is 4.24. The van der Waals surface area contributed by atoms with Gasteiger partial charge in [0.25, 0.3) is 0 Å². The van der Waals surface area contributed by atoms with Crippen LogP contribution in [-0.2, 0) is 0 Å². The van der Waals surface area contributed by atoms with Gasteiger partial charge in [-0.3, -0.25) is 0 Å². The van der Waals surface area contributed by atoms with Gasteiger partial charge in [-0.25, -0.2) is 0 Å². The minimum atomic E-state index is -0.333. The van der Waals surface area contributed by atoms with Gasteiger partial charge < -0.3 is 19.7 Å². The predicted molar refractivity (Wildman–Crippen MR) is 94.9 cm³/mol. The van der Waals surface area contributed by atoms with Crippen molar-refractivity contribution in [2.45, 2.75) is 0 Å². The number of benzene rings is 2. The van der Waals surface area contributed by atoms with Gasteiger partial charge in [-0.1, -0.05) is 0 Å². The lowest BCUT2D eigenvalue weighted by molar-refractivity contribution is 0.338. The number of phenolic OH excluding ortho intramolecular Hbond substituents is 2. The summed E-state index contributed by atoms with van der Waals surface area (Å²) in [7, 11) is 0. The third-order valence-corrected chi connectivity index (χ3v) is 7.49. The number of fused-ring (bicyclic) bond motifs is 2. The van der Waals surface area contributed by atoms with Crippen molar-refractivity contribution in [2.75, 3.05) is 0 Å². The van der Waals surface area contributed by atoms with Crippen molar-refractivity contribution < 1.29 is 19.7 Å². The topological polar surface area (TPSA) is 58.9 Å². The lowest BCUT2D eigenvalue weighted by atomic mass is 10.2. The molecule has 0 unspecified atom stereocenters. The standard InChI is InChI=1S/C12H3Br5O4/c13-2-1-3-10(5(15)4(2)14)21-12-7(17)9(19)8(18)6(16)11(12)20-3/h1,18-19H. The highest BCUT2D eigenvalue weighted by molar-refractivity contribution is 9.14. The lowest BCUT2D eigenvalue weighted by Crippen LogP contribution is -2.02. The summed E-state index contributed by atoms with van der Waals surface area (Å²) in [6.07, 6.45) is 0. The number of aromatic hydroxyl groups is 2. The first kappa shape index (κ1) is 15.9. The van der Waals surface area contributed by atoms with E-state index in [1.54, 1.807) is 6.07 Å². The van der Waals surface area contributed by atoms with Crippen LogP contribution in [0.1, 0.15) is 0 Å². The number of phenols is 2. The van der Waals surface area contributed by atoms with E-state index in [4.69, 9.17) is 9.47 Å². The molecule has 0 spiro atoms. The molecule has 4 nitrogen and oxygen atoms in total. The van der Waals surface area contributed by atoms with Crippen LogP contribution in [0.3, 0.4) is 0 Å². The van der Waals surface area contributed by atoms with Crippen LogP contribution in [0.2, 0.25) is 0 Å². The van der Waals surface area contributed by atoms with Crippen LogP contribution in [0.5, 0.6) is 34.5 Å². The average molecular weight is 611 g/mol. The van der Waals surface area contributed by atoms with E-state index in [1.165, 1.54) is 0 Å². The second-order valence-corrected chi connectivity index (χ2v) is 8.03. The molecule has 1 heterocycles. The number of hydrogen-bond donors (Lipinski definition) is 2. The normalized spacial score (nSPS) is 12.2. The molecule has 0 aromatic heterocycles. The Labute approximate surface area is 161 Å². The molecule has 0 fully saturated rings. The molecule has 9 heteroatoms. The van der Waals surface area contributed by atoms with E-state index in [0.29, 0.717) is 16.0 Å². The molecule has 2 aromatic rings. The van der Waals surface area contributed by atoms with Crippen molar-refractivity contribution in [1.29, 1.82) is 0 Å². The predicted octanol–water partition coefficient (Wildman–Crippen LogP) is 6.81. The first-order valence-electron chi connectivity index (χ1n) is 5.29. The monoisotopic (exact) mass is 606 g/mol. The quantitative estimate of drug-likeness (QED) is 0.217. The Morgan fingerprint density at radius 1 is 0.667 bits per heavy atom. The molecule has 2 N–H and O–H groups in total. The summed E-state index contributed by atoms with van der Waals surface area (Å²) in [5.41, 5.74) is 0. The molecule has 0 amide bonds. The third-order valence-electron chi connectivity index (χ3n) is 2.74. The average Bonchev–Trinajstić information content (AvgIpc) is 2.47. The van der Waals surface area contributed by atoms with Gasteiger partial charge in [0, 0.05) is 15.0 Å². The fourth-order valence-electron chi connectivity index (χ4n) is 1.74. The molecule has 0 atom stereocenters. The van der Waals surface area contributed by atoms with E-state index < -0.39 is 0 Å². The Balaban J connectivity index is 2.27. The zero-order chi connectivity index (χ0) is 15.5. The Morgan fingerprint density at radius 2 is 1.19 bits per heavy atom. The molecule has 21 heavy (non-hydrogen) atoms. The Hall–Kier alpha value is 0.0400. The summed E-state index contributed by atoms with van der Waals surface area (Å²) in [6.45, 7) is 0. The second-order valence-electron chi connectivity index (χ2n) is 4.00. The summed E-state index contributed by atoms with van der Waals surface area (Å²) in [5.74, 6) is 0.783. The van der Waals surface area contributed by atoms with E-state index in [9.17, 15) is 10.2 Å². The van der Waals surface area contributed by atoms with E-state index in [2.05, 4.69) is 79.6 Å². The van der Waals surface area contributed by atoms with Gasteiger partial charge in [-0.15, -0.1) is 0 Å². The first-order valence-corrected chi connectivity index (χ1v) is 9.25. The molecular weight excluding hydrogens is 608 g/mol. The Bertz CT molecular complexity index is 790. The van der Waals surface area contributed by atoms with Crippen LogP contribution >= 0.6 is 79.6 Å².